The Labute approximate surface area is 164 Å². The van der Waals surface area contributed by atoms with E-state index in [1.807, 2.05) is 6.07 Å². The van der Waals surface area contributed by atoms with Gasteiger partial charge in [0, 0.05) is 24.2 Å². The summed E-state index contributed by atoms with van der Waals surface area (Å²) in [6.07, 6.45) is 0.955. The SMILES string of the molecule is COc1ccc(CNc2cc(C(F)(F)F)nc3ncnn23)c(OC2CCCC2)c1. The predicted molar refractivity (Wildman–Crippen MR) is 99.0 cm³/mol. The van der Waals surface area contributed by atoms with E-state index < -0.39 is 11.9 Å². The van der Waals surface area contributed by atoms with Gasteiger partial charge in [0.1, 0.15) is 23.6 Å². The van der Waals surface area contributed by atoms with Crippen LogP contribution in [0.15, 0.2) is 30.6 Å². The minimum Gasteiger partial charge on any atom is -0.497 e. The number of nitrogens with zero attached hydrogens (tertiary/aromatic N) is 4. The first kappa shape index (κ1) is 19.3. The fourth-order valence-electron chi connectivity index (χ4n) is 3.37. The molecule has 0 aliphatic heterocycles. The van der Waals surface area contributed by atoms with Crippen molar-refractivity contribution in [3.05, 3.63) is 41.9 Å². The number of hydrogen-bond donors (Lipinski definition) is 1. The van der Waals surface area contributed by atoms with Gasteiger partial charge in [-0.15, -0.1) is 0 Å². The number of hydrogen-bond acceptors (Lipinski definition) is 6. The second-order valence-corrected chi connectivity index (χ2v) is 6.85. The van der Waals surface area contributed by atoms with Crippen molar-refractivity contribution in [2.75, 3.05) is 12.4 Å². The molecule has 1 aromatic carbocycles. The molecule has 0 spiro atoms. The molecule has 1 aliphatic carbocycles. The number of nitrogens with one attached hydrogen (secondary N) is 1. The van der Waals surface area contributed by atoms with E-state index in [4.69, 9.17) is 9.47 Å². The molecule has 7 nitrogen and oxygen atoms in total. The molecule has 1 N–H and O–H groups in total. The first-order chi connectivity index (χ1) is 13.9. The highest BCUT2D eigenvalue weighted by molar-refractivity contribution is 5.48. The fraction of sp³-hybridized carbons (Fsp3) is 0.421. The Balaban J connectivity index is 1.61. The Kier molecular flexibility index (Phi) is 5.16. The number of ether oxygens (including phenoxy) is 2. The van der Waals surface area contributed by atoms with Gasteiger partial charge in [0.15, 0.2) is 5.69 Å². The van der Waals surface area contributed by atoms with E-state index in [1.54, 1.807) is 19.2 Å². The Bertz CT molecular complexity index is 999. The highest BCUT2D eigenvalue weighted by Gasteiger charge is 2.34. The highest BCUT2D eigenvalue weighted by Crippen LogP contribution is 2.32. The van der Waals surface area contributed by atoms with Crippen LogP contribution in [0.1, 0.15) is 36.9 Å². The zero-order valence-corrected chi connectivity index (χ0v) is 15.7. The maximum absolute atomic E-state index is 13.2. The summed E-state index contributed by atoms with van der Waals surface area (Å²) in [5.41, 5.74) is -0.228. The van der Waals surface area contributed by atoms with Gasteiger partial charge < -0.3 is 14.8 Å². The summed E-state index contributed by atoms with van der Waals surface area (Å²) in [4.78, 5) is 7.29. The number of rotatable bonds is 6. The van der Waals surface area contributed by atoms with Crippen LogP contribution in [0.3, 0.4) is 0 Å². The van der Waals surface area contributed by atoms with Gasteiger partial charge in [-0.2, -0.15) is 27.8 Å². The average Bonchev–Trinajstić information content (AvgIpc) is 3.37. The second kappa shape index (κ2) is 7.76. The molecule has 0 saturated heterocycles. The van der Waals surface area contributed by atoms with Gasteiger partial charge in [0.2, 0.25) is 0 Å². The van der Waals surface area contributed by atoms with Gasteiger partial charge in [-0.25, -0.2) is 4.98 Å². The van der Waals surface area contributed by atoms with Crippen LogP contribution in [0.2, 0.25) is 0 Å². The van der Waals surface area contributed by atoms with Gasteiger partial charge in [-0.3, -0.25) is 0 Å². The number of fused-ring (bicyclic) bond motifs is 1. The Hall–Kier alpha value is -3.04. The van der Waals surface area contributed by atoms with Crippen molar-refractivity contribution < 1.29 is 22.6 Å². The van der Waals surface area contributed by atoms with Gasteiger partial charge >= 0.3 is 6.18 Å². The lowest BCUT2D eigenvalue weighted by Crippen LogP contribution is -2.15. The van der Waals surface area contributed by atoms with E-state index in [1.165, 1.54) is 4.52 Å². The number of anilines is 1. The molecule has 154 valence electrons. The predicted octanol–water partition coefficient (Wildman–Crippen LogP) is 4.09. The molecular formula is C19H20F3N5O2. The summed E-state index contributed by atoms with van der Waals surface area (Å²) in [6, 6.07) is 6.34. The Morgan fingerprint density at radius 1 is 1.21 bits per heavy atom. The molecular weight excluding hydrogens is 387 g/mol. The number of methoxy groups -OCH3 is 1. The smallest absolute Gasteiger partial charge is 0.433 e. The fourth-order valence-corrected chi connectivity index (χ4v) is 3.37. The molecule has 1 aliphatic rings. The summed E-state index contributed by atoms with van der Waals surface area (Å²) in [7, 11) is 1.57. The zero-order valence-electron chi connectivity index (χ0n) is 15.7. The van der Waals surface area contributed by atoms with Gasteiger partial charge in [-0.1, -0.05) is 0 Å². The standard InChI is InChI=1S/C19H20F3N5O2/c1-28-14-7-6-12(15(8-14)29-13-4-2-3-5-13)10-23-17-9-16(19(20,21)22)26-18-24-11-25-27(17)18/h6-9,11,13,23H,2-5,10H2,1H3. The van der Waals surface area contributed by atoms with Crippen molar-refractivity contribution in [3.8, 4) is 11.5 Å². The van der Waals surface area contributed by atoms with Crippen molar-refractivity contribution in [2.24, 2.45) is 0 Å². The largest absolute Gasteiger partial charge is 0.497 e. The van der Waals surface area contributed by atoms with Crippen LogP contribution in [0.4, 0.5) is 19.0 Å². The highest BCUT2D eigenvalue weighted by atomic mass is 19.4. The second-order valence-electron chi connectivity index (χ2n) is 6.85. The van der Waals surface area contributed by atoms with Crippen molar-refractivity contribution in [1.82, 2.24) is 19.6 Å². The molecule has 0 atom stereocenters. The van der Waals surface area contributed by atoms with E-state index in [0.717, 1.165) is 43.6 Å². The van der Waals surface area contributed by atoms with E-state index in [2.05, 4.69) is 20.4 Å². The van der Waals surface area contributed by atoms with Crippen LogP contribution >= 0.6 is 0 Å². The zero-order chi connectivity index (χ0) is 20.4. The molecule has 1 saturated carbocycles. The quantitative estimate of drug-likeness (QED) is 0.664. The molecule has 3 aromatic rings. The van der Waals surface area contributed by atoms with Crippen molar-refractivity contribution in [2.45, 2.75) is 44.5 Å². The number of benzene rings is 1. The van der Waals surface area contributed by atoms with E-state index in [-0.39, 0.29) is 24.2 Å². The molecule has 29 heavy (non-hydrogen) atoms. The Morgan fingerprint density at radius 2 is 2.00 bits per heavy atom. The third-order valence-corrected chi connectivity index (χ3v) is 4.87. The van der Waals surface area contributed by atoms with E-state index in [9.17, 15) is 13.2 Å². The van der Waals surface area contributed by atoms with Gasteiger partial charge in [0.25, 0.3) is 5.78 Å². The molecule has 10 heteroatoms. The van der Waals surface area contributed by atoms with Gasteiger partial charge in [-0.05, 0) is 37.8 Å². The molecule has 4 rings (SSSR count). The third-order valence-electron chi connectivity index (χ3n) is 4.87. The van der Waals surface area contributed by atoms with Gasteiger partial charge in [0.05, 0.1) is 13.2 Å². The average molecular weight is 407 g/mol. The lowest BCUT2D eigenvalue weighted by Gasteiger charge is -2.18. The number of aromatic nitrogens is 4. The third kappa shape index (κ3) is 4.20. The van der Waals surface area contributed by atoms with Crippen LogP contribution in [0, 0.1) is 0 Å². The number of halogens is 3. The van der Waals surface area contributed by atoms with Crippen LogP contribution in [-0.4, -0.2) is 32.8 Å². The maximum atomic E-state index is 13.2. The molecule has 0 amide bonds. The van der Waals surface area contributed by atoms with Crippen molar-refractivity contribution in [1.29, 1.82) is 0 Å². The van der Waals surface area contributed by atoms with Crippen LogP contribution < -0.4 is 14.8 Å². The molecule has 0 radical (unpaired) electrons. The molecule has 2 heterocycles. The van der Waals surface area contributed by atoms with E-state index in [0.29, 0.717) is 11.5 Å². The molecule has 2 aromatic heterocycles. The van der Waals surface area contributed by atoms with Crippen LogP contribution in [-0.2, 0) is 12.7 Å². The minimum atomic E-state index is -4.58. The first-order valence-electron chi connectivity index (χ1n) is 9.29. The maximum Gasteiger partial charge on any atom is 0.433 e. The summed E-state index contributed by atoms with van der Waals surface area (Å²) in [5.74, 6) is 1.33. The Morgan fingerprint density at radius 3 is 2.72 bits per heavy atom. The summed E-state index contributed by atoms with van der Waals surface area (Å²) in [6.45, 7) is 0.238. The molecule has 0 bridgehead atoms. The monoisotopic (exact) mass is 407 g/mol. The van der Waals surface area contributed by atoms with Crippen LogP contribution in [0.5, 0.6) is 11.5 Å². The lowest BCUT2D eigenvalue weighted by atomic mass is 10.1. The molecule has 1 fully saturated rings. The van der Waals surface area contributed by atoms with Crippen LogP contribution in [0.25, 0.3) is 5.78 Å². The minimum absolute atomic E-state index is 0.125. The summed E-state index contributed by atoms with van der Waals surface area (Å²) >= 11 is 0. The lowest BCUT2D eigenvalue weighted by molar-refractivity contribution is -0.141. The van der Waals surface area contributed by atoms with Crippen molar-refractivity contribution >= 4 is 11.6 Å². The normalized spacial score (nSPS) is 15.0. The molecule has 0 unspecified atom stereocenters. The summed E-state index contributed by atoms with van der Waals surface area (Å²) < 4.78 is 52.1. The topological polar surface area (TPSA) is 73.6 Å². The summed E-state index contributed by atoms with van der Waals surface area (Å²) in [5, 5.41) is 6.95. The van der Waals surface area contributed by atoms with E-state index >= 15 is 0 Å². The van der Waals surface area contributed by atoms with Crippen molar-refractivity contribution in [3.63, 3.8) is 0 Å². The number of alkyl halides is 3. The first-order valence-corrected chi connectivity index (χ1v) is 9.29.